The maximum atomic E-state index is 13.9. The van der Waals surface area contributed by atoms with Gasteiger partial charge in [0.1, 0.15) is 18.0 Å². The van der Waals surface area contributed by atoms with Gasteiger partial charge in [0, 0.05) is 6.07 Å². The standard InChI is InChI=1S/C18H25F2N3OS/c1-11(7-12-5-6-13(19)9-14(12)20)8-15(16(24)18(2,3)4)23-17(25)21-10-22-23/h5-6,9-11,15-16,24H,7-8H2,1-4H3,(H,21,22,25)/t11-,15+,16-/m1/s1. The maximum Gasteiger partial charge on any atom is 0.216 e. The highest BCUT2D eigenvalue weighted by Crippen LogP contribution is 2.33. The van der Waals surface area contributed by atoms with E-state index >= 15 is 0 Å². The van der Waals surface area contributed by atoms with Crippen molar-refractivity contribution in [1.82, 2.24) is 14.8 Å². The van der Waals surface area contributed by atoms with Crippen molar-refractivity contribution in [3.05, 3.63) is 46.5 Å². The molecule has 0 unspecified atom stereocenters. The molecule has 25 heavy (non-hydrogen) atoms. The monoisotopic (exact) mass is 369 g/mol. The number of H-pyrrole nitrogens is 1. The molecule has 1 aromatic heterocycles. The number of hydrogen-bond acceptors (Lipinski definition) is 3. The third-order valence-electron chi connectivity index (χ3n) is 4.39. The number of aliphatic hydroxyl groups is 1. The van der Waals surface area contributed by atoms with Crippen LogP contribution in [0, 0.1) is 27.7 Å². The lowest BCUT2D eigenvalue weighted by atomic mass is 9.81. The summed E-state index contributed by atoms with van der Waals surface area (Å²) in [6.45, 7) is 7.84. The Kier molecular flexibility index (Phi) is 6.11. The Morgan fingerprint density at radius 1 is 1.32 bits per heavy atom. The molecule has 0 aliphatic heterocycles. The Morgan fingerprint density at radius 2 is 2.00 bits per heavy atom. The largest absolute Gasteiger partial charge is 0.390 e. The summed E-state index contributed by atoms with van der Waals surface area (Å²) in [4.78, 5) is 4.03. The van der Waals surface area contributed by atoms with Crippen molar-refractivity contribution in [1.29, 1.82) is 0 Å². The third-order valence-corrected chi connectivity index (χ3v) is 4.69. The molecule has 0 aliphatic rings. The zero-order valence-electron chi connectivity index (χ0n) is 15.0. The highest BCUT2D eigenvalue weighted by molar-refractivity contribution is 7.71. The molecule has 0 amide bonds. The number of aromatic amines is 1. The molecule has 0 aliphatic carbocycles. The molecule has 0 spiro atoms. The van der Waals surface area contributed by atoms with Gasteiger partial charge in [-0.1, -0.05) is 33.8 Å². The number of rotatable bonds is 6. The smallest absolute Gasteiger partial charge is 0.216 e. The van der Waals surface area contributed by atoms with Crippen LogP contribution in [0.3, 0.4) is 0 Å². The minimum absolute atomic E-state index is 0.0483. The SMILES string of the molecule is C[C@H](Cc1ccc(F)cc1F)C[C@@H]([C@@H](O)C(C)(C)C)n1[nH]cnc1=S. The van der Waals surface area contributed by atoms with Crippen LogP contribution < -0.4 is 0 Å². The van der Waals surface area contributed by atoms with Crippen molar-refractivity contribution in [3.63, 3.8) is 0 Å². The molecule has 2 aromatic rings. The summed E-state index contributed by atoms with van der Waals surface area (Å²) in [6, 6.07) is 3.32. The van der Waals surface area contributed by atoms with Gasteiger partial charge >= 0.3 is 0 Å². The van der Waals surface area contributed by atoms with Crippen LogP contribution in [-0.2, 0) is 6.42 Å². The second-order valence-electron chi connectivity index (χ2n) is 7.70. The normalized spacial score (nSPS) is 15.8. The number of nitrogens with zero attached hydrogens (tertiary/aromatic N) is 2. The van der Waals surface area contributed by atoms with Crippen LogP contribution in [0.5, 0.6) is 0 Å². The van der Waals surface area contributed by atoms with E-state index in [2.05, 4.69) is 10.1 Å². The molecule has 0 fully saturated rings. The van der Waals surface area contributed by atoms with Crippen molar-refractivity contribution in [3.8, 4) is 0 Å². The topological polar surface area (TPSA) is 53.8 Å². The van der Waals surface area contributed by atoms with E-state index in [9.17, 15) is 13.9 Å². The van der Waals surface area contributed by atoms with E-state index in [0.717, 1.165) is 6.07 Å². The predicted molar refractivity (Wildman–Crippen MR) is 95.8 cm³/mol. The number of hydrogen-bond donors (Lipinski definition) is 2. The van der Waals surface area contributed by atoms with Gasteiger partial charge in [0.05, 0.1) is 12.1 Å². The van der Waals surface area contributed by atoms with Gasteiger partial charge < -0.3 is 5.11 Å². The number of benzene rings is 1. The summed E-state index contributed by atoms with van der Waals surface area (Å²) in [5.74, 6) is -1.08. The summed E-state index contributed by atoms with van der Waals surface area (Å²) in [7, 11) is 0. The average Bonchev–Trinajstić information content (AvgIpc) is 2.92. The molecular formula is C18H25F2N3OS. The molecule has 1 aromatic carbocycles. The van der Waals surface area contributed by atoms with Gasteiger partial charge in [-0.2, -0.15) is 0 Å². The van der Waals surface area contributed by atoms with E-state index in [1.165, 1.54) is 18.5 Å². The molecule has 7 heteroatoms. The van der Waals surface area contributed by atoms with Crippen molar-refractivity contribution < 1.29 is 13.9 Å². The number of aromatic nitrogens is 3. The van der Waals surface area contributed by atoms with E-state index in [1.807, 2.05) is 27.7 Å². The molecule has 0 bridgehead atoms. The minimum atomic E-state index is -0.667. The first-order valence-corrected chi connectivity index (χ1v) is 8.74. The van der Waals surface area contributed by atoms with E-state index < -0.39 is 17.7 Å². The molecule has 4 nitrogen and oxygen atoms in total. The Hall–Kier alpha value is -1.60. The molecule has 0 saturated heterocycles. The summed E-state index contributed by atoms with van der Waals surface area (Å²) >= 11 is 5.23. The minimum Gasteiger partial charge on any atom is -0.390 e. The molecule has 138 valence electrons. The van der Waals surface area contributed by atoms with Crippen LogP contribution in [0.4, 0.5) is 8.78 Å². The lowest BCUT2D eigenvalue weighted by Crippen LogP contribution is -2.37. The Labute approximate surface area is 151 Å². The van der Waals surface area contributed by atoms with E-state index in [0.29, 0.717) is 23.2 Å². The number of halogens is 2. The van der Waals surface area contributed by atoms with E-state index in [1.54, 1.807) is 4.68 Å². The average molecular weight is 369 g/mol. The van der Waals surface area contributed by atoms with Gasteiger partial charge in [-0.25, -0.2) is 13.8 Å². The van der Waals surface area contributed by atoms with Crippen LogP contribution in [0.1, 0.15) is 45.7 Å². The van der Waals surface area contributed by atoms with Gasteiger partial charge in [-0.05, 0) is 48.0 Å². The fraction of sp³-hybridized carbons (Fsp3) is 0.556. The van der Waals surface area contributed by atoms with E-state index in [4.69, 9.17) is 12.2 Å². The lowest BCUT2D eigenvalue weighted by molar-refractivity contribution is 0.00386. The Morgan fingerprint density at radius 3 is 2.52 bits per heavy atom. The zero-order valence-corrected chi connectivity index (χ0v) is 15.8. The molecule has 3 atom stereocenters. The number of aliphatic hydroxyl groups excluding tert-OH is 1. The van der Waals surface area contributed by atoms with Gasteiger partial charge in [-0.15, -0.1) is 0 Å². The second-order valence-corrected chi connectivity index (χ2v) is 8.06. The van der Waals surface area contributed by atoms with Crippen molar-refractivity contribution >= 4 is 12.2 Å². The first kappa shape index (κ1) is 19.7. The van der Waals surface area contributed by atoms with Crippen molar-refractivity contribution in [2.45, 2.75) is 52.7 Å². The lowest BCUT2D eigenvalue weighted by Gasteiger charge is -2.34. The molecule has 2 rings (SSSR count). The third kappa shape index (κ3) is 4.95. The Balaban J connectivity index is 2.21. The molecule has 0 saturated carbocycles. The fourth-order valence-electron chi connectivity index (χ4n) is 3.01. The van der Waals surface area contributed by atoms with Crippen LogP contribution in [0.25, 0.3) is 0 Å². The fourth-order valence-corrected chi connectivity index (χ4v) is 3.25. The molecule has 1 heterocycles. The summed E-state index contributed by atoms with van der Waals surface area (Å²) in [5.41, 5.74) is 0.108. The first-order chi connectivity index (χ1) is 11.6. The van der Waals surface area contributed by atoms with Gasteiger partial charge in [0.25, 0.3) is 0 Å². The first-order valence-electron chi connectivity index (χ1n) is 8.33. The number of nitrogens with one attached hydrogen (secondary N) is 1. The van der Waals surface area contributed by atoms with Crippen LogP contribution in [0.2, 0.25) is 0 Å². The molecule has 0 radical (unpaired) electrons. The molecular weight excluding hydrogens is 344 g/mol. The highest BCUT2D eigenvalue weighted by Gasteiger charge is 2.33. The molecule has 2 N–H and O–H groups in total. The van der Waals surface area contributed by atoms with Crippen LogP contribution in [0.15, 0.2) is 24.5 Å². The summed E-state index contributed by atoms with van der Waals surface area (Å²) in [5, 5.41) is 13.8. The van der Waals surface area contributed by atoms with Crippen molar-refractivity contribution in [2.75, 3.05) is 0 Å². The van der Waals surface area contributed by atoms with Crippen LogP contribution in [-0.4, -0.2) is 26.0 Å². The Bertz CT molecular complexity index is 766. The summed E-state index contributed by atoms with van der Waals surface area (Å²) in [6.07, 6.45) is 1.85. The predicted octanol–water partition coefficient (Wildman–Crippen LogP) is 4.44. The zero-order chi connectivity index (χ0) is 18.8. The van der Waals surface area contributed by atoms with Gasteiger partial charge in [0.2, 0.25) is 4.77 Å². The maximum absolute atomic E-state index is 13.9. The second kappa shape index (κ2) is 7.74. The summed E-state index contributed by atoms with van der Waals surface area (Å²) < 4.78 is 29.0. The van der Waals surface area contributed by atoms with Gasteiger partial charge in [0.15, 0.2) is 0 Å². The van der Waals surface area contributed by atoms with Crippen molar-refractivity contribution in [2.24, 2.45) is 11.3 Å². The highest BCUT2D eigenvalue weighted by atomic mass is 32.1. The van der Waals surface area contributed by atoms with E-state index in [-0.39, 0.29) is 17.4 Å². The quantitative estimate of drug-likeness (QED) is 0.741. The van der Waals surface area contributed by atoms with Crippen LogP contribution >= 0.6 is 12.2 Å². The van der Waals surface area contributed by atoms with Gasteiger partial charge in [-0.3, -0.25) is 9.78 Å².